The molecule has 0 aromatic heterocycles. The van der Waals surface area contributed by atoms with Gasteiger partial charge in [0.25, 0.3) is 0 Å². The Morgan fingerprint density at radius 3 is 2.14 bits per heavy atom. The van der Waals surface area contributed by atoms with Gasteiger partial charge in [-0.1, -0.05) is 24.3 Å². The van der Waals surface area contributed by atoms with Gasteiger partial charge in [-0.05, 0) is 51.7 Å². The highest BCUT2D eigenvalue weighted by Crippen LogP contribution is 2.46. The lowest BCUT2D eigenvalue weighted by Crippen LogP contribution is -2.30. The summed E-state index contributed by atoms with van der Waals surface area (Å²) in [5.41, 5.74) is 2.77. The molecule has 1 saturated carbocycles. The maximum Gasteiger partial charge on any atom is 0.0691 e. The summed E-state index contributed by atoms with van der Waals surface area (Å²) in [7, 11) is 3.48. The molecule has 0 aromatic carbocycles. The van der Waals surface area contributed by atoms with Gasteiger partial charge in [0.05, 0.1) is 18.8 Å². The highest BCUT2D eigenvalue weighted by atomic mass is 16.5. The second-order valence-corrected chi connectivity index (χ2v) is 7.20. The Hall–Kier alpha value is -0.900. The van der Waals surface area contributed by atoms with Gasteiger partial charge in [0.2, 0.25) is 0 Å². The molecule has 3 heteroatoms. The van der Waals surface area contributed by atoms with Gasteiger partial charge in [-0.25, -0.2) is 0 Å². The van der Waals surface area contributed by atoms with Crippen molar-refractivity contribution in [2.45, 2.75) is 46.1 Å². The summed E-state index contributed by atoms with van der Waals surface area (Å²) in [5, 5.41) is 10.4. The van der Waals surface area contributed by atoms with Crippen molar-refractivity contribution in [3.05, 3.63) is 35.5 Å². The van der Waals surface area contributed by atoms with Crippen molar-refractivity contribution in [1.29, 1.82) is 0 Å². The molecule has 1 atom stereocenters. The van der Waals surface area contributed by atoms with Crippen LogP contribution in [0.2, 0.25) is 0 Å². The van der Waals surface area contributed by atoms with E-state index in [0.29, 0.717) is 13.2 Å². The Balaban J connectivity index is 3.17. The number of hydrogen-bond donors (Lipinski definition) is 1. The topological polar surface area (TPSA) is 38.7 Å². The minimum absolute atomic E-state index is 0.00357. The zero-order chi connectivity index (χ0) is 17.0. The number of allylic oxidation sites excluding steroid dienone is 3. The largest absolute Gasteiger partial charge is 0.390 e. The van der Waals surface area contributed by atoms with Crippen LogP contribution in [0.15, 0.2) is 35.5 Å². The van der Waals surface area contributed by atoms with Crippen LogP contribution >= 0.6 is 0 Å². The highest BCUT2D eigenvalue weighted by molar-refractivity contribution is 5.40. The third-order valence-electron chi connectivity index (χ3n) is 4.45. The minimum Gasteiger partial charge on any atom is -0.390 e. The Morgan fingerprint density at radius 1 is 1.27 bits per heavy atom. The molecule has 0 aromatic rings. The van der Waals surface area contributed by atoms with Crippen molar-refractivity contribution < 1.29 is 14.6 Å². The van der Waals surface area contributed by atoms with Crippen molar-refractivity contribution in [1.82, 2.24) is 0 Å². The summed E-state index contributed by atoms with van der Waals surface area (Å²) in [5.74, 6) is -0.0571. The Bertz CT molecular complexity index is 446. The van der Waals surface area contributed by atoms with Crippen molar-refractivity contribution in [2.75, 3.05) is 27.4 Å². The molecule has 126 valence electrons. The second-order valence-electron chi connectivity index (χ2n) is 7.20. The minimum atomic E-state index is -0.814. The zero-order valence-electron chi connectivity index (χ0n) is 15.0. The van der Waals surface area contributed by atoms with E-state index >= 15 is 0 Å². The SMILES string of the molecule is C=C(C)C(/C=C1/CC(COC)(COC)C/C1=C\C)C(C)(C)O. The first kappa shape index (κ1) is 19.1. The lowest BCUT2D eigenvalue weighted by molar-refractivity contribution is 0.0187. The lowest BCUT2D eigenvalue weighted by Gasteiger charge is -2.29. The van der Waals surface area contributed by atoms with Crippen molar-refractivity contribution in [3.63, 3.8) is 0 Å². The third-order valence-corrected chi connectivity index (χ3v) is 4.45. The van der Waals surface area contributed by atoms with Gasteiger partial charge in [0, 0.05) is 25.6 Å². The first-order valence-electron chi connectivity index (χ1n) is 7.91. The molecule has 1 fully saturated rings. The molecular weight excluding hydrogens is 276 g/mol. The van der Waals surface area contributed by atoms with Crippen LogP contribution in [0.1, 0.15) is 40.5 Å². The summed E-state index contributed by atoms with van der Waals surface area (Å²) in [6.45, 7) is 13.1. The van der Waals surface area contributed by atoms with E-state index in [0.717, 1.165) is 18.4 Å². The Kier molecular flexibility index (Phi) is 6.60. The Morgan fingerprint density at radius 2 is 1.77 bits per heavy atom. The van der Waals surface area contributed by atoms with Crippen LogP contribution in [0.3, 0.4) is 0 Å². The highest BCUT2D eigenvalue weighted by Gasteiger charge is 2.40. The summed E-state index contributed by atoms with van der Waals surface area (Å²) >= 11 is 0. The van der Waals surface area contributed by atoms with Crippen molar-refractivity contribution in [2.24, 2.45) is 11.3 Å². The first-order chi connectivity index (χ1) is 10.2. The molecule has 3 nitrogen and oxygen atoms in total. The fourth-order valence-corrected chi connectivity index (χ4v) is 3.56. The lowest BCUT2D eigenvalue weighted by atomic mass is 9.83. The van der Waals surface area contributed by atoms with Crippen LogP contribution < -0.4 is 0 Å². The smallest absolute Gasteiger partial charge is 0.0691 e. The third kappa shape index (κ3) is 4.55. The Labute approximate surface area is 135 Å². The van der Waals surface area contributed by atoms with Gasteiger partial charge in [-0.3, -0.25) is 0 Å². The van der Waals surface area contributed by atoms with Crippen LogP contribution in [0, 0.1) is 11.3 Å². The predicted molar refractivity (Wildman–Crippen MR) is 91.9 cm³/mol. The molecule has 22 heavy (non-hydrogen) atoms. The van der Waals surface area contributed by atoms with Crippen molar-refractivity contribution >= 4 is 0 Å². The fraction of sp³-hybridized carbons (Fsp3) is 0.684. The van der Waals surface area contributed by atoms with E-state index in [-0.39, 0.29) is 11.3 Å². The maximum atomic E-state index is 10.4. The fourth-order valence-electron chi connectivity index (χ4n) is 3.56. The predicted octanol–water partition coefficient (Wildman–Crippen LogP) is 3.90. The number of methoxy groups -OCH3 is 2. The van der Waals surface area contributed by atoms with Gasteiger partial charge in [-0.2, -0.15) is 0 Å². The van der Waals surface area contributed by atoms with Gasteiger partial charge >= 0.3 is 0 Å². The normalized spacial score (nSPS) is 23.2. The summed E-state index contributed by atoms with van der Waals surface area (Å²) in [6, 6.07) is 0. The number of rotatable bonds is 7. The van der Waals surface area contributed by atoms with E-state index in [9.17, 15) is 5.11 Å². The molecule has 0 aliphatic heterocycles. The van der Waals surface area contributed by atoms with E-state index in [1.165, 1.54) is 11.1 Å². The van der Waals surface area contributed by atoms with Gasteiger partial charge in [0.1, 0.15) is 0 Å². The molecule has 0 bridgehead atoms. The van der Waals surface area contributed by atoms with Crippen LogP contribution in [-0.4, -0.2) is 38.1 Å². The zero-order valence-corrected chi connectivity index (χ0v) is 15.0. The van der Waals surface area contributed by atoms with Crippen molar-refractivity contribution in [3.8, 4) is 0 Å². The average Bonchev–Trinajstić information content (AvgIpc) is 2.73. The summed E-state index contributed by atoms with van der Waals surface area (Å²) in [4.78, 5) is 0. The molecule has 1 aliphatic rings. The van der Waals surface area contributed by atoms with E-state index in [2.05, 4.69) is 25.7 Å². The second kappa shape index (κ2) is 7.58. The molecule has 1 rings (SSSR count). The standard InChI is InChI=1S/C19H32O3/c1-8-15-10-19(12-21-6,13-22-7)11-16(15)9-17(14(2)3)18(4,5)20/h8-9,17,20H,2,10-13H2,1,3-7H3/b15-8+,16-9-. The number of ether oxygens (including phenoxy) is 2. The number of hydrogen-bond acceptors (Lipinski definition) is 3. The first-order valence-corrected chi connectivity index (χ1v) is 7.91. The molecule has 1 unspecified atom stereocenters. The van der Waals surface area contributed by atoms with Crippen LogP contribution in [0.5, 0.6) is 0 Å². The van der Waals surface area contributed by atoms with Crippen LogP contribution in [0.25, 0.3) is 0 Å². The molecule has 0 radical (unpaired) electrons. The molecule has 0 spiro atoms. The van der Waals surface area contributed by atoms with E-state index in [1.807, 2.05) is 20.8 Å². The van der Waals surface area contributed by atoms with Gasteiger partial charge in [0.15, 0.2) is 0 Å². The number of aliphatic hydroxyl groups is 1. The average molecular weight is 308 g/mol. The monoisotopic (exact) mass is 308 g/mol. The van der Waals surface area contributed by atoms with Crippen LogP contribution in [0.4, 0.5) is 0 Å². The molecule has 0 saturated heterocycles. The van der Waals surface area contributed by atoms with Crippen LogP contribution in [-0.2, 0) is 9.47 Å². The molecule has 1 N–H and O–H groups in total. The molecule has 0 amide bonds. The molecule has 0 heterocycles. The quantitative estimate of drug-likeness (QED) is 0.725. The van der Waals surface area contributed by atoms with E-state index in [1.54, 1.807) is 14.2 Å². The summed E-state index contributed by atoms with van der Waals surface area (Å²) < 4.78 is 10.9. The molecular formula is C19H32O3. The summed E-state index contributed by atoms with van der Waals surface area (Å²) in [6.07, 6.45) is 6.21. The maximum absolute atomic E-state index is 10.4. The van der Waals surface area contributed by atoms with Gasteiger partial charge in [-0.15, -0.1) is 0 Å². The van der Waals surface area contributed by atoms with Gasteiger partial charge < -0.3 is 14.6 Å². The molecule has 1 aliphatic carbocycles. The van der Waals surface area contributed by atoms with E-state index in [4.69, 9.17) is 9.47 Å². The van der Waals surface area contributed by atoms with E-state index < -0.39 is 5.60 Å².